The van der Waals surface area contributed by atoms with Crippen LogP contribution in [0.15, 0.2) is 29.2 Å². The molecule has 4 rings (SSSR count). The normalized spacial score (nSPS) is 19.1. The number of hydrogen-bond acceptors (Lipinski definition) is 6. The average Bonchev–Trinajstić information content (AvgIpc) is 3.13. The van der Waals surface area contributed by atoms with Gasteiger partial charge in [0.2, 0.25) is 10.0 Å². The summed E-state index contributed by atoms with van der Waals surface area (Å²) in [6, 6.07) is 7.00. The molecule has 27 heavy (non-hydrogen) atoms. The highest BCUT2D eigenvalue weighted by molar-refractivity contribution is 7.89. The zero-order valence-corrected chi connectivity index (χ0v) is 16.3. The molecular formula is C18H25N5O3S. The molecule has 1 fully saturated rings. The van der Waals surface area contributed by atoms with E-state index in [2.05, 4.69) is 20.1 Å². The predicted molar refractivity (Wildman–Crippen MR) is 99.6 cm³/mol. The van der Waals surface area contributed by atoms with Crippen molar-refractivity contribution >= 4 is 10.0 Å². The van der Waals surface area contributed by atoms with Crippen LogP contribution in [0.1, 0.15) is 36.0 Å². The van der Waals surface area contributed by atoms with Crippen molar-refractivity contribution in [1.82, 2.24) is 24.4 Å². The third-order valence-electron chi connectivity index (χ3n) is 5.32. The molecule has 1 aromatic carbocycles. The number of hydrogen-bond donors (Lipinski definition) is 1. The lowest BCUT2D eigenvalue weighted by molar-refractivity contribution is 0.184. The molecule has 2 aliphatic rings. The highest BCUT2D eigenvalue weighted by Gasteiger charge is 2.32. The van der Waals surface area contributed by atoms with Crippen LogP contribution >= 0.6 is 0 Å². The Hall–Kier alpha value is -1.81. The van der Waals surface area contributed by atoms with Crippen molar-refractivity contribution < 1.29 is 13.2 Å². The molecule has 3 heterocycles. The molecule has 0 aliphatic carbocycles. The summed E-state index contributed by atoms with van der Waals surface area (Å²) < 4.78 is 34.9. The van der Waals surface area contributed by atoms with Crippen molar-refractivity contribution in [3.8, 4) is 0 Å². The SMILES string of the molecule is COCc1cccc(S(=O)(=O)N2CCC(c3nnc4n3CCNC4)CC2)c1. The van der Waals surface area contributed by atoms with Gasteiger partial charge in [-0.05, 0) is 30.5 Å². The van der Waals surface area contributed by atoms with E-state index in [1.807, 2.05) is 6.07 Å². The van der Waals surface area contributed by atoms with Crippen molar-refractivity contribution in [2.45, 2.75) is 43.4 Å². The van der Waals surface area contributed by atoms with Gasteiger partial charge in [-0.15, -0.1) is 10.2 Å². The van der Waals surface area contributed by atoms with Gasteiger partial charge in [-0.2, -0.15) is 4.31 Å². The number of piperidine rings is 1. The van der Waals surface area contributed by atoms with Gasteiger partial charge in [-0.25, -0.2) is 8.42 Å². The lowest BCUT2D eigenvalue weighted by atomic mass is 9.97. The molecule has 1 saturated heterocycles. The lowest BCUT2D eigenvalue weighted by Crippen LogP contribution is -2.38. The standard InChI is InChI=1S/C18H25N5O3S/c1-26-13-14-3-2-4-16(11-14)27(24,25)22-8-5-15(6-9-22)18-21-20-17-12-19-7-10-23(17)18/h2-4,11,15,19H,5-10,12-13H2,1H3. The highest BCUT2D eigenvalue weighted by atomic mass is 32.2. The Balaban J connectivity index is 1.47. The summed E-state index contributed by atoms with van der Waals surface area (Å²) in [5.74, 6) is 2.24. The number of sulfonamides is 1. The summed E-state index contributed by atoms with van der Waals surface area (Å²) in [6.07, 6.45) is 1.53. The van der Waals surface area contributed by atoms with Crippen LogP contribution < -0.4 is 5.32 Å². The second-order valence-electron chi connectivity index (χ2n) is 7.06. The fourth-order valence-electron chi connectivity index (χ4n) is 3.88. The van der Waals surface area contributed by atoms with Gasteiger partial charge >= 0.3 is 0 Å². The van der Waals surface area contributed by atoms with Gasteiger partial charge in [0.15, 0.2) is 0 Å². The van der Waals surface area contributed by atoms with Gasteiger partial charge in [0.1, 0.15) is 11.6 Å². The first-order chi connectivity index (χ1) is 13.1. The van der Waals surface area contributed by atoms with Crippen LogP contribution in [0.5, 0.6) is 0 Å². The molecule has 1 aromatic heterocycles. The minimum atomic E-state index is -3.49. The molecule has 8 nitrogen and oxygen atoms in total. The molecule has 0 unspecified atom stereocenters. The van der Waals surface area contributed by atoms with E-state index in [1.165, 1.54) is 0 Å². The summed E-state index contributed by atoms with van der Waals surface area (Å²) in [5.41, 5.74) is 0.858. The Kier molecular flexibility index (Phi) is 5.27. The quantitative estimate of drug-likeness (QED) is 0.821. The number of nitrogens with one attached hydrogen (secondary N) is 1. The molecule has 0 amide bonds. The summed E-state index contributed by atoms with van der Waals surface area (Å²) in [4.78, 5) is 0.335. The van der Waals surface area contributed by atoms with E-state index in [9.17, 15) is 8.42 Å². The first-order valence-corrected chi connectivity index (χ1v) is 10.7. The number of ether oxygens (including phenoxy) is 1. The van der Waals surface area contributed by atoms with E-state index >= 15 is 0 Å². The van der Waals surface area contributed by atoms with Crippen LogP contribution in [0.2, 0.25) is 0 Å². The Morgan fingerprint density at radius 3 is 2.81 bits per heavy atom. The first-order valence-electron chi connectivity index (χ1n) is 9.30. The van der Waals surface area contributed by atoms with Crippen LogP contribution in [0.25, 0.3) is 0 Å². The minimum absolute atomic E-state index is 0.260. The van der Waals surface area contributed by atoms with Crippen LogP contribution in [0, 0.1) is 0 Å². The van der Waals surface area contributed by atoms with Crippen molar-refractivity contribution in [3.05, 3.63) is 41.5 Å². The Morgan fingerprint density at radius 2 is 2.04 bits per heavy atom. The molecule has 0 saturated carbocycles. The monoisotopic (exact) mass is 391 g/mol. The van der Waals surface area contributed by atoms with Gasteiger partial charge in [0.05, 0.1) is 18.0 Å². The topological polar surface area (TPSA) is 89.4 Å². The van der Waals surface area contributed by atoms with Crippen molar-refractivity contribution in [2.75, 3.05) is 26.7 Å². The van der Waals surface area contributed by atoms with Crippen LogP contribution in [-0.2, 0) is 34.5 Å². The number of nitrogens with zero attached hydrogens (tertiary/aromatic N) is 4. The molecule has 146 valence electrons. The molecule has 0 bridgehead atoms. The summed E-state index contributed by atoms with van der Waals surface area (Å²) >= 11 is 0. The molecule has 9 heteroatoms. The fraction of sp³-hybridized carbons (Fsp3) is 0.556. The van der Waals surface area contributed by atoms with Gasteiger partial charge < -0.3 is 14.6 Å². The van der Waals surface area contributed by atoms with Crippen LogP contribution in [0.3, 0.4) is 0 Å². The van der Waals surface area contributed by atoms with Gasteiger partial charge in [0, 0.05) is 39.2 Å². The Labute approximate surface area is 159 Å². The van der Waals surface area contributed by atoms with Gasteiger partial charge in [0.25, 0.3) is 0 Å². The van der Waals surface area contributed by atoms with Crippen LogP contribution in [-0.4, -0.2) is 54.2 Å². The Morgan fingerprint density at radius 1 is 1.22 bits per heavy atom. The Bertz CT molecular complexity index is 903. The number of methoxy groups -OCH3 is 1. The first kappa shape index (κ1) is 18.5. The zero-order chi connectivity index (χ0) is 18.9. The smallest absolute Gasteiger partial charge is 0.243 e. The molecule has 0 atom stereocenters. The van der Waals surface area contributed by atoms with E-state index in [1.54, 1.807) is 29.6 Å². The zero-order valence-electron chi connectivity index (χ0n) is 15.5. The third-order valence-corrected chi connectivity index (χ3v) is 7.21. The van der Waals surface area contributed by atoms with Crippen molar-refractivity contribution in [3.63, 3.8) is 0 Å². The van der Waals surface area contributed by atoms with Crippen LogP contribution in [0.4, 0.5) is 0 Å². The summed E-state index contributed by atoms with van der Waals surface area (Å²) in [5, 5.41) is 12.0. The van der Waals surface area contributed by atoms with Crippen molar-refractivity contribution in [1.29, 1.82) is 0 Å². The lowest BCUT2D eigenvalue weighted by Gasteiger charge is -2.31. The van der Waals surface area contributed by atoms with E-state index in [0.29, 0.717) is 24.6 Å². The number of rotatable bonds is 5. The maximum absolute atomic E-state index is 13.0. The maximum atomic E-state index is 13.0. The fourth-order valence-corrected chi connectivity index (χ4v) is 5.42. The largest absolute Gasteiger partial charge is 0.380 e. The number of aromatic nitrogens is 3. The second-order valence-corrected chi connectivity index (χ2v) is 9.00. The molecule has 0 spiro atoms. The average molecular weight is 391 g/mol. The number of benzene rings is 1. The second kappa shape index (κ2) is 7.67. The molecule has 1 N–H and O–H groups in total. The summed E-state index contributed by atoms with van der Waals surface area (Å²) in [7, 11) is -1.89. The van der Waals surface area contributed by atoms with Gasteiger partial charge in [-0.1, -0.05) is 12.1 Å². The third kappa shape index (κ3) is 3.64. The summed E-state index contributed by atoms with van der Waals surface area (Å²) in [6.45, 7) is 3.95. The molecule has 2 aromatic rings. The van der Waals surface area contributed by atoms with E-state index < -0.39 is 10.0 Å². The van der Waals surface area contributed by atoms with E-state index in [0.717, 1.165) is 49.7 Å². The molecule has 2 aliphatic heterocycles. The van der Waals surface area contributed by atoms with Crippen molar-refractivity contribution in [2.24, 2.45) is 0 Å². The van der Waals surface area contributed by atoms with E-state index in [4.69, 9.17) is 4.74 Å². The van der Waals surface area contributed by atoms with E-state index in [-0.39, 0.29) is 5.92 Å². The predicted octanol–water partition coefficient (Wildman–Crippen LogP) is 1.10. The molecular weight excluding hydrogens is 366 g/mol. The highest BCUT2D eigenvalue weighted by Crippen LogP contribution is 2.30. The molecule has 0 radical (unpaired) electrons. The maximum Gasteiger partial charge on any atom is 0.243 e. The minimum Gasteiger partial charge on any atom is -0.380 e. The number of fused-ring (bicyclic) bond motifs is 1. The van der Waals surface area contributed by atoms with Gasteiger partial charge in [-0.3, -0.25) is 0 Å².